The van der Waals surface area contributed by atoms with Gasteiger partial charge in [-0.1, -0.05) is 27.3 Å². The van der Waals surface area contributed by atoms with Crippen molar-refractivity contribution < 1.29 is 4.39 Å². The number of hydrogen-bond acceptors (Lipinski definition) is 5. The summed E-state index contributed by atoms with van der Waals surface area (Å²) in [5.41, 5.74) is 1.42. The Kier molecular flexibility index (Phi) is 3.09. The summed E-state index contributed by atoms with van der Waals surface area (Å²) in [6, 6.07) is 6.84. The standard InChI is InChI=1S/C13H6BrFN4S2/c14-8-1-2-9(10(15)5-8)11-16-17-13-19(11)18-12(21-13)7-3-4-20-6-7/h1-6H. The van der Waals surface area contributed by atoms with Gasteiger partial charge in [-0.3, -0.25) is 0 Å². The van der Waals surface area contributed by atoms with E-state index in [1.807, 2.05) is 16.8 Å². The quantitative estimate of drug-likeness (QED) is 0.514. The average Bonchev–Trinajstić information content (AvgIpc) is 3.14. The molecule has 8 heteroatoms. The first kappa shape index (κ1) is 13.1. The molecule has 0 atom stereocenters. The molecule has 3 heterocycles. The third-order valence-electron chi connectivity index (χ3n) is 2.93. The number of rotatable bonds is 2. The van der Waals surface area contributed by atoms with Crippen molar-refractivity contribution in [2.24, 2.45) is 0 Å². The summed E-state index contributed by atoms with van der Waals surface area (Å²) in [7, 11) is 0. The van der Waals surface area contributed by atoms with Gasteiger partial charge in [0.2, 0.25) is 4.96 Å². The van der Waals surface area contributed by atoms with Crippen molar-refractivity contribution in [3.63, 3.8) is 0 Å². The molecule has 3 aromatic heterocycles. The second kappa shape index (κ2) is 4.97. The maximum atomic E-state index is 14.1. The molecule has 0 fully saturated rings. The first-order chi connectivity index (χ1) is 10.2. The lowest BCUT2D eigenvalue weighted by Gasteiger charge is -1.99. The highest BCUT2D eigenvalue weighted by atomic mass is 79.9. The summed E-state index contributed by atoms with van der Waals surface area (Å²) >= 11 is 6.28. The van der Waals surface area contributed by atoms with Crippen molar-refractivity contribution in [2.45, 2.75) is 0 Å². The van der Waals surface area contributed by atoms with Gasteiger partial charge in [-0.05, 0) is 29.6 Å². The van der Waals surface area contributed by atoms with Gasteiger partial charge in [0.1, 0.15) is 10.8 Å². The van der Waals surface area contributed by atoms with Crippen molar-refractivity contribution in [1.29, 1.82) is 0 Å². The topological polar surface area (TPSA) is 43.1 Å². The van der Waals surface area contributed by atoms with Gasteiger partial charge in [-0.2, -0.15) is 21.0 Å². The van der Waals surface area contributed by atoms with Crippen LogP contribution in [0.25, 0.3) is 26.9 Å². The molecule has 0 radical (unpaired) electrons. The first-order valence-electron chi connectivity index (χ1n) is 5.92. The van der Waals surface area contributed by atoms with Gasteiger partial charge < -0.3 is 0 Å². The lowest BCUT2D eigenvalue weighted by atomic mass is 10.2. The summed E-state index contributed by atoms with van der Waals surface area (Å²) in [6.07, 6.45) is 0. The van der Waals surface area contributed by atoms with Crippen molar-refractivity contribution in [3.05, 3.63) is 45.3 Å². The Labute approximate surface area is 135 Å². The maximum Gasteiger partial charge on any atom is 0.235 e. The normalized spacial score (nSPS) is 11.3. The van der Waals surface area contributed by atoms with Gasteiger partial charge in [-0.25, -0.2) is 4.39 Å². The molecular formula is C13H6BrFN4S2. The van der Waals surface area contributed by atoms with Gasteiger partial charge in [0.05, 0.1) is 5.56 Å². The van der Waals surface area contributed by atoms with Crippen LogP contribution in [0.3, 0.4) is 0 Å². The number of halogens is 2. The van der Waals surface area contributed by atoms with Crippen molar-refractivity contribution >= 4 is 43.6 Å². The summed E-state index contributed by atoms with van der Waals surface area (Å²) in [6.45, 7) is 0. The molecule has 1 aromatic carbocycles. The summed E-state index contributed by atoms with van der Waals surface area (Å²) in [5.74, 6) is 0.0523. The van der Waals surface area contributed by atoms with Crippen LogP contribution in [0.1, 0.15) is 0 Å². The molecule has 4 nitrogen and oxygen atoms in total. The minimum Gasteiger partial charge on any atom is -0.206 e. The van der Waals surface area contributed by atoms with Crippen molar-refractivity contribution in [3.8, 4) is 22.0 Å². The van der Waals surface area contributed by atoms with Gasteiger partial charge in [0.15, 0.2) is 5.82 Å². The van der Waals surface area contributed by atoms with Gasteiger partial charge in [-0.15, -0.1) is 10.2 Å². The second-order valence-corrected chi connectivity index (χ2v) is 6.91. The molecule has 0 aliphatic heterocycles. The molecule has 0 amide bonds. The molecule has 0 bridgehead atoms. The smallest absolute Gasteiger partial charge is 0.206 e. The van der Waals surface area contributed by atoms with Crippen LogP contribution in [-0.4, -0.2) is 19.8 Å². The van der Waals surface area contributed by atoms with E-state index in [2.05, 4.69) is 31.2 Å². The largest absolute Gasteiger partial charge is 0.235 e. The fourth-order valence-corrected chi connectivity index (χ4v) is 3.84. The first-order valence-corrected chi connectivity index (χ1v) is 8.48. The van der Waals surface area contributed by atoms with Crippen LogP contribution in [0.15, 0.2) is 39.5 Å². The third-order valence-corrected chi connectivity index (χ3v) is 5.06. The highest BCUT2D eigenvalue weighted by Crippen LogP contribution is 2.30. The zero-order valence-corrected chi connectivity index (χ0v) is 13.5. The van der Waals surface area contributed by atoms with E-state index in [9.17, 15) is 4.39 Å². The van der Waals surface area contributed by atoms with Crippen LogP contribution in [0.2, 0.25) is 0 Å². The Bertz CT molecular complexity index is 929. The lowest BCUT2D eigenvalue weighted by Crippen LogP contribution is -1.93. The van der Waals surface area contributed by atoms with Gasteiger partial charge in [0, 0.05) is 15.4 Å². The highest BCUT2D eigenvalue weighted by molar-refractivity contribution is 9.10. The average molecular weight is 381 g/mol. The number of fused-ring (bicyclic) bond motifs is 1. The molecule has 0 spiro atoms. The molecule has 0 aliphatic rings. The molecule has 0 aliphatic carbocycles. The molecule has 104 valence electrons. The molecule has 0 N–H and O–H groups in total. The van der Waals surface area contributed by atoms with E-state index in [0.717, 1.165) is 10.6 Å². The molecule has 21 heavy (non-hydrogen) atoms. The highest BCUT2D eigenvalue weighted by Gasteiger charge is 2.17. The number of nitrogens with zero attached hydrogens (tertiary/aromatic N) is 4. The molecular weight excluding hydrogens is 375 g/mol. The Morgan fingerprint density at radius 3 is 2.86 bits per heavy atom. The molecule has 0 saturated carbocycles. The van der Waals surface area contributed by atoms with Gasteiger partial charge in [0.25, 0.3) is 0 Å². The molecule has 0 saturated heterocycles. The third kappa shape index (κ3) is 2.19. The van der Waals surface area contributed by atoms with E-state index in [-0.39, 0.29) is 5.82 Å². The van der Waals surface area contributed by atoms with Crippen molar-refractivity contribution in [1.82, 2.24) is 19.8 Å². The fourth-order valence-electron chi connectivity index (χ4n) is 1.96. The zero-order valence-electron chi connectivity index (χ0n) is 10.3. The predicted molar refractivity (Wildman–Crippen MR) is 85.1 cm³/mol. The monoisotopic (exact) mass is 380 g/mol. The molecule has 0 unspecified atom stereocenters. The summed E-state index contributed by atoms with van der Waals surface area (Å²) in [5, 5.41) is 17.5. The van der Waals surface area contributed by atoms with Crippen LogP contribution in [0, 0.1) is 5.82 Å². The van der Waals surface area contributed by atoms with E-state index in [1.54, 1.807) is 28.0 Å². The minimum absolute atomic E-state index is 0.358. The van der Waals surface area contributed by atoms with Crippen LogP contribution in [-0.2, 0) is 0 Å². The summed E-state index contributed by atoms with van der Waals surface area (Å²) in [4.78, 5) is 0.647. The predicted octanol–water partition coefficient (Wildman–Crippen LogP) is 4.48. The zero-order chi connectivity index (χ0) is 14.4. The van der Waals surface area contributed by atoms with Crippen LogP contribution in [0.5, 0.6) is 0 Å². The van der Waals surface area contributed by atoms with Gasteiger partial charge >= 0.3 is 0 Å². The van der Waals surface area contributed by atoms with Crippen LogP contribution >= 0.6 is 38.6 Å². The van der Waals surface area contributed by atoms with Crippen LogP contribution < -0.4 is 0 Å². The Morgan fingerprint density at radius 2 is 2.10 bits per heavy atom. The van der Waals surface area contributed by atoms with E-state index in [4.69, 9.17) is 0 Å². The molecule has 4 aromatic rings. The lowest BCUT2D eigenvalue weighted by molar-refractivity contribution is 0.628. The van der Waals surface area contributed by atoms with E-state index < -0.39 is 0 Å². The Morgan fingerprint density at radius 1 is 1.19 bits per heavy atom. The van der Waals surface area contributed by atoms with E-state index >= 15 is 0 Å². The Hall–Kier alpha value is -1.64. The fraction of sp³-hybridized carbons (Fsp3) is 0. The summed E-state index contributed by atoms with van der Waals surface area (Å²) < 4.78 is 16.4. The van der Waals surface area contributed by atoms with E-state index in [1.165, 1.54) is 17.4 Å². The number of aromatic nitrogens is 4. The SMILES string of the molecule is Fc1cc(Br)ccc1-c1nnc2sc(-c3ccsc3)nn12. The second-order valence-electron chi connectivity index (χ2n) is 4.26. The Balaban J connectivity index is 1.89. The minimum atomic E-state index is -0.358. The molecule has 4 rings (SSSR count). The van der Waals surface area contributed by atoms with E-state index in [0.29, 0.717) is 20.8 Å². The van der Waals surface area contributed by atoms with Crippen molar-refractivity contribution in [2.75, 3.05) is 0 Å². The number of hydrogen-bond donors (Lipinski definition) is 0. The number of thiophene rings is 1. The number of benzene rings is 1. The maximum absolute atomic E-state index is 14.1. The van der Waals surface area contributed by atoms with Crippen LogP contribution in [0.4, 0.5) is 4.39 Å².